The van der Waals surface area contributed by atoms with Gasteiger partial charge in [0.1, 0.15) is 11.5 Å². The molecule has 0 radical (unpaired) electrons. The molecular weight excluding hydrogens is 424 g/mol. The highest BCUT2D eigenvalue weighted by Crippen LogP contribution is 2.76. The molecule has 5 fully saturated rings. The van der Waals surface area contributed by atoms with Crippen LogP contribution in [0.25, 0.3) is 0 Å². The van der Waals surface area contributed by atoms with E-state index in [1.807, 2.05) is 6.92 Å². The van der Waals surface area contributed by atoms with Gasteiger partial charge >= 0.3 is 5.97 Å². The quantitative estimate of drug-likeness (QED) is 0.354. The molecular formula is C30H46O4. The molecule has 1 aliphatic heterocycles. The van der Waals surface area contributed by atoms with E-state index in [0.29, 0.717) is 11.8 Å². The highest BCUT2D eigenvalue weighted by Gasteiger charge is 2.72. The minimum absolute atomic E-state index is 0.0357. The van der Waals surface area contributed by atoms with Crippen molar-refractivity contribution in [3.05, 3.63) is 11.6 Å². The maximum atomic E-state index is 12.6. The lowest BCUT2D eigenvalue weighted by Crippen LogP contribution is -2.71. The summed E-state index contributed by atoms with van der Waals surface area (Å²) >= 11 is 0. The van der Waals surface area contributed by atoms with E-state index >= 15 is 0 Å². The summed E-state index contributed by atoms with van der Waals surface area (Å²) in [6, 6.07) is 0. The Kier molecular flexibility index (Phi) is 4.51. The first-order valence-electron chi connectivity index (χ1n) is 13.9. The lowest BCUT2D eigenvalue weighted by molar-refractivity contribution is -0.266. The number of carbonyl (C=O) groups is 1. The van der Waals surface area contributed by atoms with Crippen molar-refractivity contribution >= 4 is 5.97 Å². The van der Waals surface area contributed by atoms with Gasteiger partial charge in [-0.2, -0.15) is 0 Å². The topological polar surface area (TPSA) is 66.8 Å². The first-order chi connectivity index (χ1) is 15.7. The average Bonchev–Trinajstić information content (AvgIpc) is 2.76. The molecule has 0 aromatic heterocycles. The lowest BCUT2D eigenvalue weighted by atomic mass is 9.33. The predicted octanol–water partition coefficient (Wildman–Crippen LogP) is 5.66. The van der Waals surface area contributed by atoms with Crippen LogP contribution in [0, 0.1) is 50.2 Å². The monoisotopic (exact) mass is 470 g/mol. The van der Waals surface area contributed by atoms with E-state index in [9.17, 15) is 15.0 Å². The van der Waals surface area contributed by atoms with Gasteiger partial charge in [-0.3, -0.25) is 4.79 Å². The van der Waals surface area contributed by atoms with Crippen molar-refractivity contribution in [1.29, 1.82) is 0 Å². The first kappa shape index (κ1) is 23.5. The Hall–Kier alpha value is -0.870. The molecule has 5 aliphatic carbocycles. The van der Waals surface area contributed by atoms with Crippen LogP contribution in [0.2, 0.25) is 0 Å². The number of carbonyl (C=O) groups excluding carboxylic acids is 1. The number of ether oxygens (including phenoxy) is 1. The normalized spacial score (nSPS) is 59.7. The molecule has 4 nitrogen and oxygen atoms in total. The van der Waals surface area contributed by atoms with Crippen LogP contribution in [0.3, 0.4) is 0 Å². The molecule has 2 unspecified atom stereocenters. The van der Waals surface area contributed by atoms with Gasteiger partial charge in [0.05, 0.1) is 12.2 Å². The number of esters is 1. The van der Waals surface area contributed by atoms with E-state index < -0.39 is 11.5 Å². The van der Waals surface area contributed by atoms with Gasteiger partial charge in [0.25, 0.3) is 0 Å². The van der Waals surface area contributed by atoms with E-state index in [1.165, 1.54) is 18.4 Å². The summed E-state index contributed by atoms with van der Waals surface area (Å²) in [5.41, 5.74) is 1.26. The third kappa shape index (κ3) is 2.37. The van der Waals surface area contributed by atoms with Crippen molar-refractivity contribution in [3.63, 3.8) is 0 Å². The molecule has 11 atom stereocenters. The van der Waals surface area contributed by atoms with Gasteiger partial charge in [0, 0.05) is 5.41 Å². The van der Waals surface area contributed by atoms with Crippen molar-refractivity contribution in [2.75, 3.05) is 0 Å². The Morgan fingerprint density at radius 1 is 0.882 bits per heavy atom. The fraction of sp³-hybridized carbons (Fsp3) is 0.900. The van der Waals surface area contributed by atoms with Gasteiger partial charge in [0.2, 0.25) is 0 Å². The number of hydrogen-bond acceptors (Lipinski definition) is 4. The second-order valence-electron chi connectivity index (χ2n) is 15.1. The first-order valence-corrected chi connectivity index (χ1v) is 13.9. The fourth-order valence-corrected chi connectivity index (χ4v) is 11.1. The molecule has 0 bridgehead atoms. The zero-order chi connectivity index (χ0) is 24.7. The Labute approximate surface area is 205 Å². The molecule has 2 N–H and O–H groups in total. The summed E-state index contributed by atoms with van der Waals surface area (Å²) < 4.78 is 5.51. The molecule has 190 valence electrons. The van der Waals surface area contributed by atoms with Crippen LogP contribution in [0.1, 0.15) is 99.8 Å². The van der Waals surface area contributed by atoms with Crippen LogP contribution in [0.15, 0.2) is 11.6 Å². The maximum Gasteiger partial charge on any atom is 0.316 e. The minimum atomic E-state index is -0.584. The molecule has 0 spiro atoms. The van der Waals surface area contributed by atoms with Crippen molar-refractivity contribution < 1.29 is 19.7 Å². The summed E-state index contributed by atoms with van der Waals surface area (Å²) in [5, 5.41) is 22.4. The molecule has 1 heterocycles. The number of aliphatic hydroxyl groups excluding tert-OH is 2. The highest BCUT2D eigenvalue weighted by atomic mass is 16.6. The zero-order valence-electron chi connectivity index (χ0n) is 22.4. The Morgan fingerprint density at radius 2 is 1.59 bits per heavy atom. The molecule has 6 aliphatic rings. The Balaban J connectivity index is 1.43. The molecule has 0 amide bonds. The minimum Gasteiger partial charge on any atom is -0.458 e. The third-order valence-corrected chi connectivity index (χ3v) is 13.8. The van der Waals surface area contributed by atoms with Crippen molar-refractivity contribution in [2.24, 2.45) is 50.2 Å². The number of fused-ring (bicyclic) bond motifs is 8. The molecule has 6 rings (SSSR count). The SMILES string of the molecule is CC1(C)C2CC[C@]3(C)[C@H](CC=C4[C@H]5C[C@@]6(C)C(=O)OC6[C@H](O)[C@]5(C)CC[C@]43C)[C@@]2(C)CC[C@@H]1O. The van der Waals surface area contributed by atoms with Crippen LogP contribution in [0.5, 0.6) is 0 Å². The van der Waals surface area contributed by atoms with Crippen LogP contribution in [0.4, 0.5) is 0 Å². The third-order valence-electron chi connectivity index (χ3n) is 13.8. The molecule has 0 aromatic carbocycles. The molecule has 4 heteroatoms. The van der Waals surface area contributed by atoms with Crippen molar-refractivity contribution in [3.8, 4) is 0 Å². The van der Waals surface area contributed by atoms with Crippen molar-refractivity contribution in [2.45, 2.75) is 118 Å². The van der Waals surface area contributed by atoms with E-state index in [1.54, 1.807) is 0 Å². The van der Waals surface area contributed by atoms with Crippen LogP contribution >= 0.6 is 0 Å². The van der Waals surface area contributed by atoms with Crippen molar-refractivity contribution in [1.82, 2.24) is 0 Å². The molecule has 0 aromatic rings. The largest absolute Gasteiger partial charge is 0.458 e. The Bertz CT molecular complexity index is 969. The molecule has 1 saturated heterocycles. The highest BCUT2D eigenvalue weighted by molar-refractivity contribution is 5.83. The zero-order valence-corrected chi connectivity index (χ0v) is 22.4. The van der Waals surface area contributed by atoms with E-state index in [2.05, 4.69) is 47.6 Å². The summed E-state index contributed by atoms with van der Waals surface area (Å²) in [6.07, 6.45) is 9.85. The fourth-order valence-electron chi connectivity index (χ4n) is 11.1. The van der Waals surface area contributed by atoms with Gasteiger partial charge in [0.15, 0.2) is 0 Å². The predicted molar refractivity (Wildman–Crippen MR) is 132 cm³/mol. The van der Waals surface area contributed by atoms with E-state index in [-0.39, 0.29) is 51.2 Å². The number of aliphatic hydroxyl groups is 2. The maximum absolute atomic E-state index is 12.6. The van der Waals surface area contributed by atoms with Crippen LogP contribution in [-0.2, 0) is 9.53 Å². The van der Waals surface area contributed by atoms with Crippen LogP contribution < -0.4 is 0 Å². The smallest absolute Gasteiger partial charge is 0.316 e. The number of allylic oxidation sites excluding steroid dienone is 2. The second kappa shape index (κ2) is 6.52. The van der Waals surface area contributed by atoms with Gasteiger partial charge in [-0.05, 0) is 97.7 Å². The van der Waals surface area contributed by atoms with Gasteiger partial charge in [-0.25, -0.2) is 0 Å². The standard InChI is InChI=1S/C30H46O4/c1-25(2)19-10-13-30(7)20(27(19,4)12-11-21(25)31)9-8-17-18-16-28(5)23(34-24(28)33)22(32)26(18,3)14-15-29(17,30)6/h8,18-23,31-32H,9-16H2,1-7H3/t18-,19?,20-,21+,22+,23?,26-,27+,28-,29-,30-/m1/s1. The summed E-state index contributed by atoms with van der Waals surface area (Å²) in [6.45, 7) is 16.5. The molecule has 4 saturated carbocycles. The summed E-state index contributed by atoms with van der Waals surface area (Å²) in [5.74, 6) is 1.27. The second-order valence-corrected chi connectivity index (χ2v) is 15.1. The van der Waals surface area contributed by atoms with E-state index in [4.69, 9.17) is 4.74 Å². The van der Waals surface area contributed by atoms with Gasteiger partial charge in [-0.15, -0.1) is 0 Å². The Morgan fingerprint density at radius 3 is 2.26 bits per heavy atom. The summed E-state index contributed by atoms with van der Waals surface area (Å²) in [4.78, 5) is 12.6. The lowest BCUT2D eigenvalue weighted by Gasteiger charge is -2.72. The van der Waals surface area contributed by atoms with E-state index in [0.717, 1.165) is 38.5 Å². The van der Waals surface area contributed by atoms with Gasteiger partial charge in [-0.1, -0.05) is 53.2 Å². The number of rotatable bonds is 0. The van der Waals surface area contributed by atoms with Crippen LogP contribution in [-0.4, -0.2) is 34.5 Å². The number of hydrogen-bond donors (Lipinski definition) is 2. The molecule has 34 heavy (non-hydrogen) atoms. The average molecular weight is 471 g/mol. The van der Waals surface area contributed by atoms with Gasteiger partial charge < -0.3 is 14.9 Å². The summed E-state index contributed by atoms with van der Waals surface area (Å²) in [7, 11) is 0.